The number of piperidine rings is 1. The molecule has 132 valence electrons. The first-order chi connectivity index (χ1) is 12.2. The number of hydrogen-bond acceptors (Lipinski definition) is 3. The van der Waals surface area contributed by atoms with E-state index in [2.05, 4.69) is 66.5 Å². The van der Waals surface area contributed by atoms with Gasteiger partial charge in [-0.05, 0) is 55.0 Å². The van der Waals surface area contributed by atoms with E-state index >= 15 is 0 Å². The highest BCUT2D eigenvalue weighted by molar-refractivity contribution is 5.88. The molecule has 2 aliphatic rings. The van der Waals surface area contributed by atoms with Crippen LogP contribution in [0.4, 0.5) is 0 Å². The Labute approximate surface area is 150 Å². The second-order valence-electron chi connectivity index (χ2n) is 7.56. The lowest BCUT2D eigenvalue weighted by Crippen LogP contribution is -2.48. The Morgan fingerprint density at radius 3 is 2.72 bits per heavy atom. The van der Waals surface area contributed by atoms with Crippen LogP contribution in [-0.4, -0.2) is 36.9 Å². The molecule has 2 saturated heterocycles. The summed E-state index contributed by atoms with van der Waals surface area (Å²) >= 11 is 0. The zero-order valence-corrected chi connectivity index (χ0v) is 15.5. The van der Waals surface area contributed by atoms with E-state index in [4.69, 9.17) is 4.84 Å². The fourth-order valence-electron chi connectivity index (χ4n) is 5.18. The van der Waals surface area contributed by atoms with Crippen LogP contribution in [0.1, 0.15) is 44.1 Å². The van der Waals surface area contributed by atoms with Gasteiger partial charge in [-0.15, -0.1) is 0 Å². The summed E-state index contributed by atoms with van der Waals surface area (Å²) in [6.45, 7) is 2.20. The number of benzene rings is 2. The van der Waals surface area contributed by atoms with E-state index in [9.17, 15) is 0 Å². The minimum Gasteiger partial charge on any atom is -0.399 e. The molecule has 0 aliphatic carbocycles. The highest BCUT2D eigenvalue weighted by Gasteiger charge is 2.47. The van der Waals surface area contributed by atoms with Crippen LogP contribution in [-0.2, 0) is 4.84 Å². The van der Waals surface area contributed by atoms with E-state index in [-0.39, 0.29) is 0 Å². The molecule has 3 nitrogen and oxygen atoms in total. The van der Waals surface area contributed by atoms with E-state index in [1.807, 2.05) is 0 Å². The van der Waals surface area contributed by atoms with Gasteiger partial charge in [0.25, 0.3) is 0 Å². The summed E-state index contributed by atoms with van der Waals surface area (Å²) in [6, 6.07) is 17.0. The zero-order valence-electron chi connectivity index (χ0n) is 15.5. The Morgan fingerprint density at radius 2 is 1.96 bits per heavy atom. The summed E-state index contributed by atoms with van der Waals surface area (Å²) in [5.41, 5.74) is 2.68. The summed E-state index contributed by atoms with van der Waals surface area (Å²) in [4.78, 5) is 7.81. The van der Waals surface area contributed by atoms with E-state index < -0.39 is 0 Å². The lowest BCUT2D eigenvalue weighted by atomic mass is 9.73. The largest absolute Gasteiger partial charge is 0.399 e. The smallest absolute Gasteiger partial charge is 0.106 e. The molecule has 2 heterocycles. The number of rotatable bonds is 4. The van der Waals surface area contributed by atoms with Crippen molar-refractivity contribution in [3.8, 4) is 0 Å². The van der Waals surface area contributed by atoms with Crippen molar-refractivity contribution in [1.82, 2.24) is 4.90 Å². The monoisotopic (exact) mass is 336 g/mol. The molecule has 0 saturated carbocycles. The number of fused-ring (bicyclic) bond motifs is 3. The average Bonchev–Trinajstić information content (AvgIpc) is 2.88. The maximum atomic E-state index is 5.21. The molecule has 2 bridgehead atoms. The Bertz CT molecular complexity index is 784. The molecule has 2 aromatic carbocycles. The minimum absolute atomic E-state index is 0.454. The predicted molar refractivity (Wildman–Crippen MR) is 104 cm³/mol. The van der Waals surface area contributed by atoms with Crippen molar-refractivity contribution in [2.75, 3.05) is 14.2 Å². The zero-order chi connectivity index (χ0) is 17.4. The normalized spacial score (nSPS) is 30.0. The van der Waals surface area contributed by atoms with Gasteiger partial charge in [-0.25, -0.2) is 0 Å². The molecule has 4 rings (SSSR count). The van der Waals surface area contributed by atoms with E-state index in [1.165, 1.54) is 41.3 Å². The molecule has 2 fully saturated rings. The van der Waals surface area contributed by atoms with Crippen LogP contribution in [0.2, 0.25) is 0 Å². The van der Waals surface area contributed by atoms with Crippen LogP contribution in [0.15, 0.2) is 47.6 Å². The lowest BCUT2D eigenvalue weighted by molar-refractivity contribution is 0.127. The van der Waals surface area contributed by atoms with Gasteiger partial charge in [0.05, 0.1) is 5.71 Å². The summed E-state index contributed by atoms with van der Waals surface area (Å²) in [7, 11) is 3.97. The minimum atomic E-state index is 0.454. The Hall–Kier alpha value is -1.87. The summed E-state index contributed by atoms with van der Waals surface area (Å²) in [5.74, 6) is 0.988. The van der Waals surface area contributed by atoms with Gasteiger partial charge in [-0.1, -0.05) is 54.5 Å². The fraction of sp³-hybridized carbons (Fsp3) is 0.500. The molecular formula is C22H28N2O. The average molecular weight is 336 g/mol. The van der Waals surface area contributed by atoms with Crippen LogP contribution in [0.5, 0.6) is 0 Å². The van der Waals surface area contributed by atoms with Gasteiger partial charge in [-0.2, -0.15) is 0 Å². The maximum absolute atomic E-state index is 5.21. The molecule has 0 radical (unpaired) electrons. The lowest BCUT2D eigenvalue weighted by Gasteiger charge is -2.43. The van der Waals surface area contributed by atoms with Crippen LogP contribution >= 0.6 is 0 Å². The first-order valence-electron chi connectivity index (χ1n) is 9.53. The van der Waals surface area contributed by atoms with Gasteiger partial charge in [0.1, 0.15) is 7.11 Å². The Morgan fingerprint density at radius 1 is 1.16 bits per heavy atom. The SMILES string of the molecule is CCC(=NOC)[C@H]1[C@@H](c2ccc3ccccc3c2)CC2CC[C@@H]1N2C. The fourth-order valence-corrected chi connectivity index (χ4v) is 5.18. The van der Waals surface area contributed by atoms with E-state index in [0.717, 1.165) is 6.42 Å². The van der Waals surface area contributed by atoms with Crippen molar-refractivity contribution >= 4 is 16.5 Å². The van der Waals surface area contributed by atoms with Crippen molar-refractivity contribution in [2.45, 2.75) is 50.6 Å². The topological polar surface area (TPSA) is 24.8 Å². The number of oxime groups is 1. The maximum Gasteiger partial charge on any atom is 0.106 e. The third-order valence-corrected chi connectivity index (χ3v) is 6.43. The van der Waals surface area contributed by atoms with Gasteiger partial charge in [0.2, 0.25) is 0 Å². The summed E-state index contributed by atoms with van der Waals surface area (Å²) in [6.07, 6.45) is 4.76. The van der Waals surface area contributed by atoms with Gasteiger partial charge < -0.3 is 4.84 Å². The first kappa shape index (κ1) is 16.6. The third kappa shape index (κ3) is 2.85. The quantitative estimate of drug-likeness (QED) is 0.591. The molecule has 2 aromatic rings. The first-order valence-corrected chi connectivity index (χ1v) is 9.53. The van der Waals surface area contributed by atoms with Crippen molar-refractivity contribution in [2.24, 2.45) is 11.1 Å². The summed E-state index contributed by atoms with van der Waals surface area (Å²) in [5, 5.41) is 7.10. The van der Waals surface area contributed by atoms with Crippen LogP contribution < -0.4 is 0 Å². The number of hydrogen-bond donors (Lipinski definition) is 0. The molecule has 0 spiro atoms. The molecular weight excluding hydrogens is 308 g/mol. The molecule has 0 N–H and O–H groups in total. The van der Waals surface area contributed by atoms with Crippen molar-refractivity contribution in [3.63, 3.8) is 0 Å². The molecule has 4 atom stereocenters. The van der Waals surface area contributed by atoms with Crippen molar-refractivity contribution in [1.29, 1.82) is 0 Å². The second-order valence-corrected chi connectivity index (χ2v) is 7.56. The molecule has 1 unspecified atom stereocenters. The summed E-state index contributed by atoms with van der Waals surface area (Å²) < 4.78 is 0. The van der Waals surface area contributed by atoms with Gasteiger partial charge in [0.15, 0.2) is 0 Å². The van der Waals surface area contributed by atoms with Crippen molar-refractivity contribution < 1.29 is 4.84 Å². The van der Waals surface area contributed by atoms with Crippen LogP contribution in [0.3, 0.4) is 0 Å². The molecule has 2 aliphatic heterocycles. The standard InChI is InChI=1S/C22H28N2O/c1-4-20(23-25-3)22-19(14-18-11-12-21(22)24(18)2)17-10-9-15-7-5-6-8-16(15)13-17/h5-10,13,18-19,21-22H,4,11-12,14H2,1-3H3/t18?,19-,21+,22-/m1/s1. The number of nitrogens with zero attached hydrogens (tertiary/aromatic N) is 2. The Balaban J connectivity index is 1.77. The Kier molecular flexibility index (Phi) is 4.51. The predicted octanol–water partition coefficient (Wildman–Crippen LogP) is 4.82. The molecule has 25 heavy (non-hydrogen) atoms. The molecule has 0 amide bonds. The highest BCUT2D eigenvalue weighted by Crippen LogP contribution is 2.47. The van der Waals surface area contributed by atoms with Gasteiger partial charge in [0, 0.05) is 18.0 Å². The van der Waals surface area contributed by atoms with Gasteiger partial charge >= 0.3 is 0 Å². The van der Waals surface area contributed by atoms with E-state index in [0.29, 0.717) is 23.9 Å². The van der Waals surface area contributed by atoms with Crippen LogP contribution in [0, 0.1) is 5.92 Å². The van der Waals surface area contributed by atoms with Crippen LogP contribution in [0.25, 0.3) is 10.8 Å². The van der Waals surface area contributed by atoms with E-state index in [1.54, 1.807) is 7.11 Å². The molecule has 0 aromatic heterocycles. The van der Waals surface area contributed by atoms with Gasteiger partial charge in [-0.3, -0.25) is 4.90 Å². The highest BCUT2D eigenvalue weighted by atomic mass is 16.6. The molecule has 3 heteroatoms. The third-order valence-electron chi connectivity index (χ3n) is 6.43. The van der Waals surface area contributed by atoms with Crippen molar-refractivity contribution in [3.05, 3.63) is 48.0 Å². The second kappa shape index (κ2) is 6.80.